The molecule has 2 unspecified atom stereocenters. The van der Waals surface area contributed by atoms with Crippen molar-refractivity contribution in [1.29, 1.82) is 0 Å². The number of carbonyl (C=O) groups is 1. The molecule has 2 aliphatic rings. The van der Waals surface area contributed by atoms with Crippen LogP contribution < -0.4 is 10.6 Å². The largest absolute Gasteiger partial charge is 0.352 e. The van der Waals surface area contributed by atoms with Gasteiger partial charge in [-0.15, -0.1) is 0 Å². The zero-order valence-corrected chi connectivity index (χ0v) is 12.5. The van der Waals surface area contributed by atoms with E-state index in [1.807, 2.05) is 0 Å². The van der Waals surface area contributed by atoms with E-state index in [1.54, 1.807) is 12.1 Å². The van der Waals surface area contributed by atoms with Crippen LogP contribution >= 0.6 is 0 Å². The third-order valence-corrected chi connectivity index (χ3v) is 4.68. The summed E-state index contributed by atoms with van der Waals surface area (Å²) >= 11 is 0. The van der Waals surface area contributed by atoms with Crippen molar-refractivity contribution in [3.63, 3.8) is 0 Å². The monoisotopic (exact) mass is 303 g/mol. The first-order valence-electron chi connectivity index (χ1n) is 7.86. The Morgan fingerprint density at radius 1 is 1.23 bits per heavy atom. The fourth-order valence-electron chi connectivity index (χ4n) is 3.61. The highest BCUT2D eigenvalue weighted by molar-refractivity contribution is 5.76. The number of nitrogens with zero attached hydrogens (tertiary/aromatic N) is 1. The van der Waals surface area contributed by atoms with Gasteiger partial charge in [0, 0.05) is 37.2 Å². The number of amides is 1. The van der Waals surface area contributed by atoms with Crippen LogP contribution in [-0.4, -0.2) is 22.9 Å². The van der Waals surface area contributed by atoms with Crippen LogP contribution in [0.15, 0.2) is 24.3 Å². The highest BCUT2D eigenvalue weighted by Gasteiger charge is 2.34. The van der Waals surface area contributed by atoms with Gasteiger partial charge < -0.3 is 10.6 Å². The molecule has 1 aromatic carbocycles. The van der Waals surface area contributed by atoms with E-state index in [0.717, 1.165) is 18.4 Å². The summed E-state index contributed by atoms with van der Waals surface area (Å²) in [7, 11) is 0. The summed E-state index contributed by atoms with van der Waals surface area (Å²) in [6.07, 6.45) is 5.27. The van der Waals surface area contributed by atoms with Crippen LogP contribution in [0.4, 0.5) is 5.69 Å². The van der Waals surface area contributed by atoms with Gasteiger partial charge in [-0.2, -0.15) is 0 Å². The lowest BCUT2D eigenvalue weighted by atomic mass is 9.89. The molecule has 2 aliphatic heterocycles. The second-order valence-corrected chi connectivity index (χ2v) is 6.38. The summed E-state index contributed by atoms with van der Waals surface area (Å²) in [5, 5.41) is 17.1. The van der Waals surface area contributed by atoms with Gasteiger partial charge in [0.15, 0.2) is 0 Å². The standard InChI is InChI=1S/C16H21N3O3/c20-16(9-12-7-13-3-4-14(8-12)18-13)17-10-11-1-5-15(6-2-11)19(21)22/h1-2,5-6,12-14,18H,3-4,7-10H2,(H,17,20). The van der Waals surface area contributed by atoms with Crippen LogP contribution in [0.1, 0.15) is 37.7 Å². The lowest BCUT2D eigenvalue weighted by molar-refractivity contribution is -0.384. The number of nitro groups is 1. The van der Waals surface area contributed by atoms with E-state index in [2.05, 4.69) is 10.6 Å². The molecular formula is C16H21N3O3. The molecule has 0 aromatic heterocycles. The minimum absolute atomic E-state index is 0.0697. The topological polar surface area (TPSA) is 84.3 Å². The Labute approximate surface area is 129 Å². The van der Waals surface area contributed by atoms with Gasteiger partial charge in [0.25, 0.3) is 5.69 Å². The van der Waals surface area contributed by atoms with Crippen molar-refractivity contribution >= 4 is 11.6 Å². The number of hydrogen-bond acceptors (Lipinski definition) is 4. The van der Waals surface area contributed by atoms with Gasteiger partial charge >= 0.3 is 0 Å². The van der Waals surface area contributed by atoms with Gasteiger partial charge in [0.1, 0.15) is 0 Å². The average molecular weight is 303 g/mol. The third-order valence-electron chi connectivity index (χ3n) is 4.68. The summed E-state index contributed by atoms with van der Waals surface area (Å²) in [5.41, 5.74) is 0.949. The van der Waals surface area contributed by atoms with E-state index in [1.165, 1.54) is 25.0 Å². The van der Waals surface area contributed by atoms with Gasteiger partial charge in [-0.3, -0.25) is 14.9 Å². The zero-order chi connectivity index (χ0) is 15.5. The maximum absolute atomic E-state index is 12.1. The molecule has 0 saturated carbocycles. The summed E-state index contributed by atoms with van der Waals surface area (Å²) in [4.78, 5) is 22.2. The zero-order valence-electron chi connectivity index (χ0n) is 12.5. The number of nitrogens with one attached hydrogen (secondary N) is 2. The predicted molar refractivity (Wildman–Crippen MR) is 82.2 cm³/mol. The van der Waals surface area contributed by atoms with E-state index in [-0.39, 0.29) is 11.6 Å². The smallest absolute Gasteiger partial charge is 0.269 e. The average Bonchev–Trinajstić information content (AvgIpc) is 2.84. The molecule has 3 rings (SSSR count). The Kier molecular flexibility index (Phi) is 4.38. The first kappa shape index (κ1) is 15.0. The molecule has 1 amide bonds. The van der Waals surface area contributed by atoms with E-state index < -0.39 is 4.92 Å². The highest BCUT2D eigenvalue weighted by atomic mass is 16.6. The molecule has 6 nitrogen and oxygen atoms in total. The van der Waals surface area contributed by atoms with Crippen LogP contribution in [0.3, 0.4) is 0 Å². The van der Waals surface area contributed by atoms with Crippen molar-refractivity contribution in [2.24, 2.45) is 5.92 Å². The predicted octanol–water partition coefficient (Wildman–Crippen LogP) is 2.13. The lowest BCUT2D eigenvalue weighted by Gasteiger charge is -2.28. The Morgan fingerprint density at radius 3 is 2.45 bits per heavy atom. The molecule has 2 heterocycles. The van der Waals surface area contributed by atoms with Gasteiger partial charge in [-0.1, -0.05) is 12.1 Å². The normalized spacial score (nSPS) is 26.6. The summed E-state index contributed by atoms with van der Waals surface area (Å²) in [6, 6.07) is 7.50. The van der Waals surface area contributed by atoms with Gasteiger partial charge in [-0.25, -0.2) is 0 Å². The number of carbonyl (C=O) groups excluding carboxylic acids is 1. The quantitative estimate of drug-likeness (QED) is 0.644. The van der Waals surface area contributed by atoms with E-state index in [0.29, 0.717) is 31.0 Å². The second-order valence-electron chi connectivity index (χ2n) is 6.38. The van der Waals surface area contributed by atoms with Crippen LogP contribution in [0, 0.1) is 16.0 Å². The Hall–Kier alpha value is -1.95. The van der Waals surface area contributed by atoms with E-state index in [4.69, 9.17) is 0 Å². The Balaban J connectivity index is 1.45. The third kappa shape index (κ3) is 3.62. The molecule has 0 radical (unpaired) electrons. The molecule has 2 saturated heterocycles. The summed E-state index contributed by atoms with van der Waals surface area (Å²) in [6.45, 7) is 0.425. The van der Waals surface area contributed by atoms with Gasteiger partial charge in [-0.05, 0) is 37.2 Å². The molecule has 22 heavy (non-hydrogen) atoms. The highest BCUT2D eigenvalue weighted by Crippen LogP contribution is 2.32. The first-order valence-corrected chi connectivity index (χ1v) is 7.86. The fraction of sp³-hybridized carbons (Fsp3) is 0.562. The van der Waals surface area contributed by atoms with Crippen molar-refractivity contribution < 1.29 is 9.72 Å². The van der Waals surface area contributed by atoms with Gasteiger partial charge in [0.2, 0.25) is 5.91 Å². The fourth-order valence-corrected chi connectivity index (χ4v) is 3.61. The maximum Gasteiger partial charge on any atom is 0.269 e. The van der Waals surface area contributed by atoms with E-state index >= 15 is 0 Å². The van der Waals surface area contributed by atoms with Crippen LogP contribution in [-0.2, 0) is 11.3 Å². The number of hydrogen-bond donors (Lipinski definition) is 2. The van der Waals surface area contributed by atoms with Crippen LogP contribution in [0.5, 0.6) is 0 Å². The molecule has 6 heteroatoms. The number of nitro benzene ring substituents is 1. The van der Waals surface area contributed by atoms with Crippen molar-refractivity contribution in [2.45, 2.75) is 50.7 Å². The first-order chi connectivity index (χ1) is 10.6. The van der Waals surface area contributed by atoms with Crippen molar-refractivity contribution in [2.75, 3.05) is 0 Å². The maximum atomic E-state index is 12.1. The number of rotatable bonds is 5. The molecule has 0 aliphatic carbocycles. The minimum Gasteiger partial charge on any atom is -0.352 e. The molecule has 2 atom stereocenters. The Morgan fingerprint density at radius 2 is 1.86 bits per heavy atom. The van der Waals surface area contributed by atoms with Crippen molar-refractivity contribution in [1.82, 2.24) is 10.6 Å². The van der Waals surface area contributed by atoms with Crippen LogP contribution in [0.25, 0.3) is 0 Å². The molecular weight excluding hydrogens is 282 g/mol. The number of fused-ring (bicyclic) bond motifs is 2. The summed E-state index contributed by atoms with van der Waals surface area (Å²) < 4.78 is 0. The number of benzene rings is 1. The lowest BCUT2D eigenvalue weighted by Crippen LogP contribution is -2.39. The molecule has 0 spiro atoms. The number of piperidine rings is 1. The van der Waals surface area contributed by atoms with Crippen molar-refractivity contribution in [3.8, 4) is 0 Å². The molecule has 118 valence electrons. The van der Waals surface area contributed by atoms with E-state index in [9.17, 15) is 14.9 Å². The summed E-state index contributed by atoms with van der Waals surface area (Å²) in [5.74, 6) is 0.556. The molecule has 1 aromatic rings. The number of non-ortho nitro benzene ring substituents is 1. The second kappa shape index (κ2) is 6.44. The molecule has 2 N–H and O–H groups in total. The van der Waals surface area contributed by atoms with Crippen molar-refractivity contribution in [3.05, 3.63) is 39.9 Å². The van der Waals surface area contributed by atoms with Gasteiger partial charge in [0.05, 0.1) is 4.92 Å². The minimum atomic E-state index is -0.423. The molecule has 2 fully saturated rings. The Bertz CT molecular complexity index is 546. The molecule has 2 bridgehead atoms. The SMILES string of the molecule is O=C(CC1CC2CCC(C1)N2)NCc1ccc([N+](=O)[O-])cc1. The van der Waals surface area contributed by atoms with Crippen LogP contribution in [0.2, 0.25) is 0 Å².